The fourth-order valence-corrected chi connectivity index (χ4v) is 3.40. The number of sulfone groups is 1. The molecule has 1 fully saturated rings. The third kappa shape index (κ3) is 3.69. The van der Waals surface area contributed by atoms with Gasteiger partial charge in [0, 0.05) is 12.3 Å². The molecule has 2 aromatic rings. The van der Waals surface area contributed by atoms with E-state index in [4.69, 9.17) is 0 Å². The molecular formula is C17H20ClNO2S. The van der Waals surface area contributed by atoms with Crippen molar-refractivity contribution in [2.24, 2.45) is 0 Å². The average molecular weight is 338 g/mol. The molecule has 0 spiro atoms. The molecule has 1 unspecified atom stereocenters. The van der Waals surface area contributed by atoms with Crippen LogP contribution in [0.3, 0.4) is 0 Å². The second kappa shape index (κ2) is 6.82. The van der Waals surface area contributed by atoms with Crippen molar-refractivity contribution < 1.29 is 8.42 Å². The summed E-state index contributed by atoms with van der Waals surface area (Å²) in [5.41, 5.74) is 3.47. The Morgan fingerprint density at radius 1 is 0.955 bits per heavy atom. The molecule has 0 aromatic heterocycles. The van der Waals surface area contributed by atoms with Crippen molar-refractivity contribution in [3.63, 3.8) is 0 Å². The zero-order valence-corrected chi connectivity index (χ0v) is 14.1. The third-order valence-corrected chi connectivity index (χ3v) is 5.12. The van der Waals surface area contributed by atoms with Crippen molar-refractivity contribution in [1.82, 2.24) is 5.32 Å². The van der Waals surface area contributed by atoms with Crippen LogP contribution in [-0.4, -0.2) is 21.2 Å². The van der Waals surface area contributed by atoms with Crippen LogP contribution in [-0.2, 0) is 9.84 Å². The molecule has 118 valence electrons. The Morgan fingerprint density at radius 3 is 1.95 bits per heavy atom. The summed E-state index contributed by atoms with van der Waals surface area (Å²) in [7, 11) is -3.13. The molecule has 3 nitrogen and oxygen atoms in total. The van der Waals surface area contributed by atoms with Crippen molar-refractivity contribution in [2.45, 2.75) is 23.8 Å². The molecule has 1 aliphatic heterocycles. The fraction of sp³-hybridized carbons (Fsp3) is 0.294. The lowest BCUT2D eigenvalue weighted by Gasteiger charge is -2.11. The summed E-state index contributed by atoms with van der Waals surface area (Å²) in [6.07, 6.45) is 3.66. The summed E-state index contributed by atoms with van der Waals surface area (Å²) in [5.74, 6) is 0. The van der Waals surface area contributed by atoms with Crippen molar-refractivity contribution in [3.05, 3.63) is 54.1 Å². The highest BCUT2D eigenvalue weighted by Gasteiger charge is 2.15. The highest BCUT2D eigenvalue weighted by molar-refractivity contribution is 7.90. The second-order valence-electron chi connectivity index (χ2n) is 5.57. The number of halogens is 1. The van der Waals surface area contributed by atoms with Crippen LogP contribution < -0.4 is 5.32 Å². The Morgan fingerprint density at radius 2 is 1.50 bits per heavy atom. The van der Waals surface area contributed by atoms with Gasteiger partial charge in [0.2, 0.25) is 0 Å². The van der Waals surface area contributed by atoms with Gasteiger partial charge in [-0.25, -0.2) is 8.42 Å². The first-order valence-electron chi connectivity index (χ1n) is 7.18. The van der Waals surface area contributed by atoms with E-state index >= 15 is 0 Å². The fourth-order valence-electron chi connectivity index (χ4n) is 2.77. The molecule has 0 radical (unpaired) electrons. The van der Waals surface area contributed by atoms with Crippen LogP contribution in [0.4, 0.5) is 0 Å². The van der Waals surface area contributed by atoms with E-state index < -0.39 is 9.84 Å². The van der Waals surface area contributed by atoms with Gasteiger partial charge in [-0.1, -0.05) is 36.4 Å². The van der Waals surface area contributed by atoms with Crippen LogP contribution in [0.5, 0.6) is 0 Å². The standard InChI is InChI=1S/C17H19NO2S.ClH/c1-21(19,20)16-10-8-14(9-11-16)13-4-6-15(7-5-13)17-3-2-12-18-17;/h4-11,17-18H,2-3,12H2,1H3;1H. The van der Waals surface area contributed by atoms with Gasteiger partial charge in [0.25, 0.3) is 0 Å². The molecule has 1 heterocycles. The predicted molar refractivity (Wildman–Crippen MR) is 92.2 cm³/mol. The van der Waals surface area contributed by atoms with E-state index in [0.717, 1.165) is 17.7 Å². The van der Waals surface area contributed by atoms with E-state index in [1.165, 1.54) is 24.7 Å². The molecule has 1 aliphatic rings. The smallest absolute Gasteiger partial charge is 0.175 e. The summed E-state index contributed by atoms with van der Waals surface area (Å²) in [5, 5.41) is 3.49. The van der Waals surface area contributed by atoms with E-state index in [0.29, 0.717) is 10.9 Å². The number of rotatable bonds is 3. The van der Waals surface area contributed by atoms with Gasteiger partial charge in [0.15, 0.2) is 9.84 Å². The van der Waals surface area contributed by atoms with Crippen molar-refractivity contribution >= 4 is 22.2 Å². The van der Waals surface area contributed by atoms with E-state index in [2.05, 4.69) is 29.6 Å². The molecule has 0 aliphatic carbocycles. The predicted octanol–water partition coefficient (Wildman–Crippen LogP) is 3.60. The summed E-state index contributed by atoms with van der Waals surface area (Å²) in [4.78, 5) is 0.359. The number of nitrogens with one attached hydrogen (secondary N) is 1. The number of benzene rings is 2. The van der Waals surface area contributed by atoms with Gasteiger partial charge in [-0.05, 0) is 48.2 Å². The topological polar surface area (TPSA) is 46.2 Å². The van der Waals surface area contributed by atoms with Crippen LogP contribution in [0.1, 0.15) is 24.4 Å². The Balaban J connectivity index is 0.00000176. The molecule has 0 bridgehead atoms. The molecule has 1 atom stereocenters. The van der Waals surface area contributed by atoms with Crippen LogP contribution in [0.2, 0.25) is 0 Å². The first kappa shape index (κ1) is 17.0. The Labute approximate surface area is 138 Å². The lowest BCUT2D eigenvalue weighted by molar-refractivity contribution is 0.602. The quantitative estimate of drug-likeness (QED) is 0.930. The van der Waals surface area contributed by atoms with Gasteiger partial charge in [0.1, 0.15) is 0 Å². The largest absolute Gasteiger partial charge is 0.310 e. The molecule has 3 rings (SSSR count). The minimum atomic E-state index is -3.13. The number of hydrogen-bond donors (Lipinski definition) is 1. The zero-order chi connectivity index (χ0) is 14.9. The van der Waals surface area contributed by atoms with Gasteiger partial charge in [-0.3, -0.25) is 0 Å². The SMILES string of the molecule is CS(=O)(=O)c1ccc(-c2ccc(C3CCCN3)cc2)cc1.Cl. The summed E-state index contributed by atoms with van der Waals surface area (Å²) in [6, 6.07) is 16.0. The van der Waals surface area contributed by atoms with Crippen LogP contribution in [0.25, 0.3) is 11.1 Å². The summed E-state index contributed by atoms with van der Waals surface area (Å²) in [6.45, 7) is 1.10. The first-order valence-corrected chi connectivity index (χ1v) is 9.07. The van der Waals surface area contributed by atoms with Gasteiger partial charge in [-0.15, -0.1) is 12.4 Å². The summed E-state index contributed by atoms with van der Waals surface area (Å²) < 4.78 is 22.9. The zero-order valence-electron chi connectivity index (χ0n) is 12.5. The van der Waals surface area contributed by atoms with E-state index in [9.17, 15) is 8.42 Å². The van der Waals surface area contributed by atoms with Crippen LogP contribution in [0, 0.1) is 0 Å². The maximum atomic E-state index is 11.5. The molecular weight excluding hydrogens is 318 g/mol. The van der Waals surface area contributed by atoms with Crippen molar-refractivity contribution in [3.8, 4) is 11.1 Å². The summed E-state index contributed by atoms with van der Waals surface area (Å²) >= 11 is 0. The van der Waals surface area contributed by atoms with Gasteiger partial charge < -0.3 is 5.32 Å². The molecule has 0 amide bonds. The third-order valence-electron chi connectivity index (χ3n) is 3.99. The maximum Gasteiger partial charge on any atom is 0.175 e. The van der Waals surface area contributed by atoms with Crippen LogP contribution in [0.15, 0.2) is 53.4 Å². The minimum Gasteiger partial charge on any atom is -0.310 e. The molecule has 1 saturated heterocycles. The van der Waals surface area contributed by atoms with E-state index in [-0.39, 0.29) is 12.4 Å². The minimum absolute atomic E-state index is 0. The molecule has 5 heteroatoms. The van der Waals surface area contributed by atoms with Crippen molar-refractivity contribution in [1.29, 1.82) is 0 Å². The Kier molecular flexibility index (Phi) is 5.27. The molecule has 2 aromatic carbocycles. The lowest BCUT2D eigenvalue weighted by atomic mass is 10.00. The highest BCUT2D eigenvalue weighted by atomic mass is 35.5. The Bertz CT molecular complexity index is 718. The molecule has 0 saturated carbocycles. The number of hydrogen-bond acceptors (Lipinski definition) is 3. The maximum absolute atomic E-state index is 11.5. The molecule has 1 N–H and O–H groups in total. The monoisotopic (exact) mass is 337 g/mol. The Hall–Kier alpha value is -1.36. The average Bonchev–Trinajstić information content (AvgIpc) is 3.01. The van der Waals surface area contributed by atoms with Crippen LogP contribution >= 0.6 is 12.4 Å². The van der Waals surface area contributed by atoms with Gasteiger partial charge >= 0.3 is 0 Å². The van der Waals surface area contributed by atoms with Gasteiger partial charge in [0.05, 0.1) is 4.90 Å². The molecule has 22 heavy (non-hydrogen) atoms. The van der Waals surface area contributed by atoms with Crippen molar-refractivity contribution in [2.75, 3.05) is 12.8 Å². The lowest BCUT2D eigenvalue weighted by Crippen LogP contribution is -2.12. The van der Waals surface area contributed by atoms with E-state index in [1.54, 1.807) is 12.1 Å². The second-order valence-corrected chi connectivity index (χ2v) is 7.58. The van der Waals surface area contributed by atoms with E-state index in [1.807, 2.05) is 12.1 Å². The van der Waals surface area contributed by atoms with Gasteiger partial charge in [-0.2, -0.15) is 0 Å². The highest BCUT2D eigenvalue weighted by Crippen LogP contribution is 2.26. The first-order chi connectivity index (χ1) is 10.0. The normalized spacial score (nSPS) is 18.0.